The van der Waals surface area contributed by atoms with Gasteiger partial charge in [-0.05, 0) is 24.1 Å². The summed E-state index contributed by atoms with van der Waals surface area (Å²) in [7, 11) is 1.53. The minimum Gasteiger partial charge on any atom is -0.375 e. The van der Waals surface area contributed by atoms with Crippen molar-refractivity contribution in [2.24, 2.45) is 0 Å². The number of hydrogen-bond donors (Lipinski definition) is 1. The number of amides is 1. The number of ether oxygens (including phenoxy) is 1. The lowest BCUT2D eigenvalue weighted by atomic mass is 10.1. The molecule has 1 amide bonds. The SMILES string of the molecule is C=CCCC(=O)NC[C@H](OC)c1cccc(F)c1. The quantitative estimate of drug-likeness (QED) is 0.756. The van der Waals surface area contributed by atoms with Crippen LogP contribution >= 0.6 is 0 Å². The maximum atomic E-state index is 13.1. The normalized spacial score (nSPS) is 11.9. The molecule has 0 unspecified atom stereocenters. The van der Waals surface area contributed by atoms with E-state index in [0.29, 0.717) is 24.9 Å². The number of allylic oxidation sites excluding steroid dienone is 1. The molecule has 98 valence electrons. The second kappa shape index (κ2) is 7.61. The fourth-order valence-electron chi connectivity index (χ4n) is 1.57. The van der Waals surface area contributed by atoms with Gasteiger partial charge >= 0.3 is 0 Å². The first-order valence-electron chi connectivity index (χ1n) is 5.83. The van der Waals surface area contributed by atoms with E-state index >= 15 is 0 Å². The van der Waals surface area contributed by atoms with Gasteiger partial charge in [-0.1, -0.05) is 18.2 Å². The maximum absolute atomic E-state index is 13.1. The molecule has 1 aromatic rings. The number of carbonyl (C=O) groups is 1. The van der Waals surface area contributed by atoms with Crippen LogP contribution in [-0.2, 0) is 9.53 Å². The summed E-state index contributed by atoms with van der Waals surface area (Å²) in [6, 6.07) is 6.17. The first-order chi connectivity index (χ1) is 8.67. The number of hydrogen-bond acceptors (Lipinski definition) is 2. The third-order valence-electron chi connectivity index (χ3n) is 2.57. The molecular formula is C14H18FNO2. The van der Waals surface area contributed by atoms with Crippen LogP contribution in [0.5, 0.6) is 0 Å². The van der Waals surface area contributed by atoms with Crippen molar-refractivity contribution in [2.45, 2.75) is 18.9 Å². The molecule has 1 N–H and O–H groups in total. The van der Waals surface area contributed by atoms with Crippen molar-refractivity contribution in [3.05, 3.63) is 48.3 Å². The van der Waals surface area contributed by atoms with Gasteiger partial charge in [-0.2, -0.15) is 0 Å². The predicted octanol–water partition coefficient (Wildman–Crippen LogP) is 2.60. The largest absolute Gasteiger partial charge is 0.375 e. The highest BCUT2D eigenvalue weighted by Gasteiger charge is 2.12. The molecule has 0 fully saturated rings. The summed E-state index contributed by atoms with van der Waals surface area (Å²) in [6.45, 7) is 3.88. The molecule has 18 heavy (non-hydrogen) atoms. The molecular weight excluding hydrogens is 233 g/mol. The predicted molar refractivity (Wildman–Crippen MR) is 68.6 cm³/mol. The summed E-state index contributed by atoms with van der Waals surface area (Å²) < 4.78 is 18.3. The molecule has 0 aliphatic carbocycles. The highest BCUT2D eigenvalue weighted by molar-refractivity contribution is 5.76. The first-order valence-corrected chi connectivity index (χ1v) is 5.83. The molecule has 0 saturated heterocycles. The Labute approximate surface area is 107 Å². The van der Waals surface area contributed by atoms with E-state index in [1.54, 1.807) is 18.2 Å². The van der Waals surface area contributed by atoms with Gasteiger partial charge in [0.15, 0.2) is 0 Å². The summed E-state index contributed by atoms with van der Waals surface area (Å²) in [5.74, 6) is -0.374. The molecule has 0 bridgehead atoms. The Morgan fingerprint density at radius 2 is 2.39 bits per heavy atom. The molecule has 0 radical (unpaired) electrons. The molecule has 4 heteroatoms. The fraction of sp³-hybridized carbons (Fsp3) is 0.357. The van der Waals surface area contributed by atoms with Crippen LogP contribution in [0, 0.1) is 5.82 Å². The monoisotopic (exact) mass is 251 g/mol. The number of nitrogens with one attached hydrogen (secondary N) is 1. The summed E-state index contributed by atoms with van der Waals surface area (Å²) in [4.78, 5) is 11.4. The van der Waals surface area contributed by atoms with Gasteiger partial charge in [0.25, 0.3) is 0 Å². The topological polar surface area (TPSA) is 38.3 Å². The molecule has 3 nitrogen and oxygen atoms in total. The van der Waals surface area contributed by atoms with Gasteiger partial charge in [-0.25, -0.2) is 4.39 Å². The van der Waals surface area contributed by atoms with Crippen LogP contribution in [0.2, 0.25) is 0 Å². The van der Waals surface area contributed by atoms with Gasteiger partial charge in [0.1, 0.15) is 5.82 Å². The van der Waals surface area contributed by atoms with Crippen molar-refractivity contribution < 1.29 is 13.9 Å². The van der Waals surface area contributed by atoms with E-state index in [-0.39, 0.29) is 17.8 Å². The minimum atomic E-state index is -0.339. The number of methoxy groups -OCH3 is 1. The van der Waals surface area contributed by atoms with E-state index in [2.05, 4.69) is 11.9 Å². The lowest BCUT2D eigenvalue weighted by Gasteiger charge is -2.16. The van der Waals surface area contributed by atoms with Crippen LogP contribution in [0.4, 0.5) is 4.39 Å². The average molecular weight is 251 g/mol. The highest BCUT2D eigenvalue weighted by Crippen LogP contribution is 2.16. The summed E-state index contributed by atoms with van der Waals surface area (Å²) in [5.41, 5.74) is 0.710. The van der Waals surface area contributed by atoms with Crippen LogP contribution in [0.3, 0.4) is 0 Å². The van der Waals surface area contributed by atoms with E-state index in [0.717, 1.165) is 0 Å². The van der Waals surface area contributed by atoms with Crippen LogP contribution in [0.15, 0.2) is 36.9 Å². The maximum Gasteiger partial charge on any atom is 0.220 e. The molecule has 1 aromatic carbocycles. The number of halogens is 1. The van der Waals surface area contributed by atoms with E-state index in [4.69, 9.17) is 4.74 Å². The minimum absolute atomic E-state index is 0.0617. The third kappa shape index (κ3) is 4.67. The Morgan fingerprint density at radius 3 is 3.00 bits per heavy atom. The molecule has 0 aliphatic rings. The summed E-state index contributed by atoms with van der Waals surface area (Å²) in [5, 5.41) is 2.75. The zero-order valence-electron chi connectivity index (χ0n) is 10.5. The highest BCUT2D eigenvalue weighted by atomic mass is 19.1. The fourth-order valence-corrected chi connectivity index (χ4v) is 1.57. The average Bonchev–Trinajstić information content (AvgIpc) is 2.37. The van der Waals surface area contributed by atoms with E-state index in [9.17, 15) is 9.18 Å². The van der Waals surface area contributed by atoms with Crippen molar-refractivity contribution >= 4 is 5.91 Å². The van der Waals surface area contributed by atoms with Crippen LogP contribution < -0.4 is 5.32 Å². The standard InChI is InChI=1S/C14H18FNO2/c1-3-4-8-14(17)16-10-13(18-2)11-6-5-7-12(15)9-11/h3,5-7,9,13H,1,4,8,10H2,2H3,(H,16,17)/t13-/m0/s1. The number of carbonyl (C=O) groups excluding carboxylic acids is 1. The van der Waals surface area contributed by atoms with Crippen molar-refractivity contribution in [3.63, 3.8) is 0 Å². The van der Waals surface area contributed by atoms with Crippen molar-refractivity contribution in [3.8, 4) is 0 Å². The number of rotatable bonds is 7. The lowest BCUT2D eigenvalue weighted by molar-refractivity contribution is -0.121. The van der Waals surface area contributed by atoms with Gasteiger partial charge in [0.2, 0.25) is 5.91 Å². The Balaban J connectivity index is 2.52. The Kier molecular flexibility index (Phi) is 6.08. The Hall–Kier alpha value is -1.68. The molecule has 0 aromatic heterocycles. The van der Waals surface area contributed by atoms with Crippen molar-refractivity contribution in [2.75, 3.05) is 13.7 Å². The third-order valence-corrected chi connectivity index (χ3v) is 2.57. The summed E-state index contributed by atoms with van der Waals surface area (Å²) in [6.07, 6.45) is 2.40. The van der Waals surface area contributed by atoms with Gasteiger partial charge < -0.3 is 10.1 Å². The zero-order valence-corrected chi connectivity index (χ0v) is 10.5. The van der Waals surface area contributed by atoms with Crippen LogP contribution in [-0.4, -0.2) is 19.6 Å². The zero-order chi connectivity index (χ0) is 13.4. The van der Waals surface area contributed by atoms with E-state index in [1.165, 1.54) is 19.2 Å². The van der Waals surface area contributed by atoms with Gasteiger partial charge in [-0.15, -0.1) is 6.58 Å². The Bertz CT molecular complexity index is 407. The first kappa shape index (κ1) is 14.4. The van der Waals surface area contributed by atoms with Crippen LogP contribution in [0.25, 0.3) is 0 Å². The van der Waals surface area contributed by atoms with E-state index < -0.39 is 0 Å². The second-order valence-corrected chi connectivity index (χ2v) is 3.91. The molecule has 1 rings (SSSR count). The molecule has 0 heterocycles. The molecule has 0 saturated carbocycles. The summed E-state index contributed by atoms with van der Waals surface area (Å²) >= 11 is 0. The Morgan fingerprint density at radius 1 is 1.61 bits per heavy atom. The van der Waals surface area contributed by atoms with Crippen molar-refractivity contribution in [1.82, 2.24) is 5.32 Å². The van der Waals surface area contributed by atoms with Crippen molar-refractivity contribution in [1.29, 1.82) is 0 Å². The van der Waals surface area contributed by atoms with Gasteiger partial charge in [-0.3, -0.25) is 4.79 Å². The lowest BCUT2D eigenvalue weighted by Crippen LogP contribution is -2.28. The van der Waals surface area contributed by atoms with Crippen LogP contribution in [0.1, 0.15) is 24.5 Å². The van der Waals surface area contributed by atoms with Gasteiger partial charge in [0, 0.05) is 20.1 Å². The smallest absolute Gasteiger partial charge is 0.220 e. The number of benzene rings is 1. The van der Waals surface area contributed by atoms with Gasteiger partial charge in [0.05, 0.1) is 6.10 Å². The molecule has 0 aliphatic heterocycles. The second-order valence-electron chi connectivity index (χ2n) is 3.91. The molecule has 0 spiro atoms. The molecule has 1 atom stereocenters. The van der Waals surface area contributed by atoms with E-state index in [1.807, 2.05) is 0 Å².